The number of nitrogens with one attached hydrogen (secondary N) is 1. The lowest BCUT2D eigenvalue weighted by molar-refractivity contribution is -0.112. The summed E-state index contributed by atoms with van der Waals surface area (Å²) in [5, 5.41) is 2.66. The van der Waals surface area contributed by atoms with Crippen LogP contribution in [0.1, 0.15) is 10.5 Å². The smallest absolute Gasteiger partial charge is 0.298 e. The Labute approximate surface area is 168 Å². The molecule has 0 radical (unpaired) electrons. The number of nitrogens with zero attached hydrogens (tertiary/aromatic N) is 3. The summed E-state index contributed by atoms with van der Waals surface area (Å²) in [6, 6.07) is 20.6. The predicted octanol–water partition coefficient (Wildman–Crippen LogP) is 3.89. The van der Waals surface area contributed by atoms with Gasteiger partial charge >= 0.3 is 0 Å². The van der Waals surface area contributed by atoms with E-state index < -0.39 is 11.7 Å². The molecule has 1 amide bonds. The standard InChI is InChI=1S/C23H20N4O2/c1-26(2)20-12-11-17(15-24-20)25-23(29)22(28)21-19(16-8-4-3-5-9-16)14-18-10-6-7-13-27(18)21/h3-15H,1-2H3,(H,25,29). The lowest BCUT2D eigenvalue weighted by Gasteiger charge is -2.11. The third-order valence-electron chi connectivity index (χ3n) is 4.65. The average molecular weight is 384 g/mol. The summed E-state index contributed by atoms with van der Waals surface area (Å²) in [6.45, 7) is 0. The molecule has 1 aromatic carbocycles. The van der Waals surface area contributed by atoms with Gasteiger partial charge in [-0.05, 0) is 35.9 Å². The van der Waals surface area contributed by atoms with Gasteiger partial charge in [-0.15, -0.1) is 0 Å². The zero-order valence-electron chi connectivity index (χ0n) is 16.2. The first-order valence-electron chi connectivity index (χ1n) is 9.19. The van der Waals surface area contributed by atoms with Gasteiger partial charge in [0.1, 0.15) is 11.5 Å². The number of amides is 1. The fraction of sp³-hybridized carbons (Fsp3) is 0.0870. The Hall–Kier alpha value is -3.93. The molecule has 4 aromatic rings. The number of carbonyl (C=O) groups is 2. The summed E-state index contributed by atoms with van der Waals surface area (Å²) in [4.78, 5) is 32.0. The van der Waals surface area contributed by atoms with Gasteiger partial charge in [0.15, 0.2) is 0 Å². The number of ketones is 1. The molecule has 0 unspecified atom stereocenters. The number of aromatic nitrogens is 2. The number of rotatable bonds is 5. The van der Waals surface area contributed by atoms with E-state index in [-0.39, 0.29) is 0 Å². The van der Waals surface area contributed by atoms with Gasteiger partial charge in [-0.25, -0.2) is 4.98 Å². The zero-order valence-corrected chi connectivity index (χ0v) is 16.2. The molecular formula is C23H20N4O2. The van der Waals surface area contributed by atoms with Crippen molar-refractivity contribution in [2.75, 3.05) is 24.3 Å². The van der Waals surface area contributed by atoms with Crippen LogP contribution in [0.2, 0.25) is 0 Å². The normalized spacial score (nSPS) is 10.7. The Morgan fingerprint density at radius 1 is 0.966 bits per heavy atom. The SMILES string of the molecule is CN(C)c1ccc(NC(=O)C(=O)c2c(-c3ccccc3)cc3ccccn23)cn1. The second kappa shape index (κ2) is 7.59. The first-order chi connectivity index (χ1) is 14.0. The number of anilines is 2. The number of fused-ring (bicyclic) bond motifs is 1. The van der Waals surface area contributed by atoms with Gasteiger partial charge in [0.25, 0.3) is 11.7 Å². The largest absolute Gasteiger partial charge is 0.363 e. The quantitative estimate of drug-likeness (QED) is 0.419. The van der Waals surface area contributed by atoms with Crippen molar-refractivity contribution in [3.63, 3.8) is 0 Å². The van der Waals surface area contributed by atoms with Crippen LogP contribution in [-0.2, 0) is 4.79 Å². The summed E-state index contributed by atoms with van der Waals surface area (Å²) in [6.07, 6.45) is 3.32. The second-order valence-electron chi connectivity index (χ2n) is 6.85. The Balaban J connectivity index is 1.70. The second-order valence-corrected chi connectivity index (χ2v) is 6.85. The monoisotopic (exact) mass is 384 g/mol. The molecule has 3 aromatic heterocycles. The minimum atomic E-state index is -0.703. The van der Waals surface area contributed by atoms with Crippen LogP contribution in [-0.4, -0.2) is 35.2 Å². The molecule has 1 N–H and O–H groups in total. The van der Waals surface area contributed by atoms with E-state index in [1.54, 1.807) is 22.7 Å². The lowest BCUT2D eigenvalue weighted by atomic mass is 10.0. The molecule has 6 heteroatoms. The van der Waals surface area contributed by atoms with E-state index in [1.807, 2.05) is 73.6 Å². The first kappa shape index (κ1) is 18.4. The predicted molar refractivity (Wildman–Crippen MR) is 114 cm³/mol. The molecule has 0 aliphatic rings. The summed E-state index contributed by atoms with van der Waals surface area (Å²) < 4.78 is 1.75. The van der Waals surface area contributed by atoms with Crippen LogP contribution in [0, 0.1) is 0 Å². The summed E-state index contributed by atoms with van der Waals surface area (Å²) >= 11 is 0. The fourth-order valence-electron chi connectivity index (χ4n) is 3.21. The molecule has 3 heterocycles. The van der Waals surface area contributed by atoms with E-state index >= 15 is 0 Å². The average Bonchev–Trinajstić information content (AvgIpc) is 3.13. The topological polar surface area (TPSA) is 66.7 Å². The molecule has 0 saturated heterocycles. The minimum Gasteiger partial charge on any atom is -0.363 e. The van der Waals surface area contributed by atoms with Gasteiger partial charge in [0, 0.05) is 31.4 Å². The molecule has 0 spiro atoms. The van der Waals surface area contributed by atoms with Crippen molar-refractivity contribution in [1.29, 1.82) is 0 Å². The van der Waals surface area contributed by atoms with Gasteiger partial charge in [0.2, 0.25) is 0 Å². The van der Waals surface area contributed by atoms with Crippen LogP contribution in [0.5, 0.6) is 0 Å². The van der Waals surface area contributed by atoms with E-state index in [2.05, 4.69) is 10.3 Å². The van der Waals surface area contributed by atoms with Gasteiger partial charge in [0.05, 0.1) is 11.9 Å². The molecule has 0 atom stereocenters. The van der Waals surface area contributed by atoms with E-state index in [9.17, 15) is 9.59 Å². The number of carbonyl (C=O) groups excluding carboxylic acids is 2. The van der Waals surface area contributed by atoms with Gasteiger partial charge in [-0.1, -0.05) is 36.4 Å². The molecule has 0 fully saturated rings. The van der Waals surface area contributed by atoms with Crippen LogP contribution in [0.4, 0.5) is 11.5 Å². The molecule has 4 rings (SSSR count). The highest BCUT2D eigenvalue weighted by Gasteiger charge is 2.24. The number of benzene rings is 1. The molecule has 29 heavy (non-hydrogen) atoms. The number of hydrogen-bond acceptors (Lipinski definition) is 4. The number of hydrogen-bond donors (Lipinski definition) is 1. The van der Waals surface area contributed by atoms with Crippen LogP contribution in [0.15, 0.2) is 79.1 Å². The summed E-state index contributed by atoms with van der Waals surface area (Å²) in [5.74, 6) is -0.546. The molecule has 0 bridgehead atoms. The Morgan fingerprint density at radius 3 is 2.41 bits per heavy atom. The Morgan fingerprint density at radius 2 is 1.72 bits per heavy atom. The van der Waals surface area contributed by atoms with E-state index in [0.29, 0.717) is 11.4 Å². The van der Waals surface area contributed by atoms with E-state index in [0.717, 1.165) is 22.5 Å². The van der Waals surface area contributed by atoms with Crippen molar-refractivity contribution < 1.29 is 9.59 Å². The highest BCUT2D eigenvalue weighted by molar-refractivity contribution is 6.47. The molecular weight excluding hydrogens is 364 g/mol. The van der Waals surface area contributed by atoms with Gasteiger partial charge < -0.3 is 14.6 Å². The van der Waals surface area contributed by atoms with Crippen LogP contribution >= 0.6 is 0 Å². The molecule has 144 valence electrons. The maximum atomic E-state index is 13.1. The number of pyridine rings is 2. The van der Waals surface area contributed by atoms with Crippen molar-refractivity contribution in [2.45, 2.75) is 0 Å². The highest BCUT2D eigenvalue weighted by atomic mass is 16.2. The molecule has 0 saturated carbocycles. The van der Waals surface area contributed by atoms with Crippen molar-refractivity contribution in [1.82, 2.24) is 9.38 Å². The van der Waals surface area contributed by atoms with Gasteiger partial charge in [-0.2, -0.15) is 0 Å². The first-order valence-corrected chi connectivity index (χ1v) is 9.19. The third kappa shape index (κ3) is 3.60. The summed E-state index contributed by atoms with van der Waals surface area (Å²) in [5.41, 5.74) is 3.25. The minimum absolute atomic E-state index is 0.335. The zero-order chi connectivity index (χ0) is 20.4. The van der Waals surface area contributed by atoms with E-state index in [1.165, 1.54) is 6.20 Å². The van der Waals surface area contributed by atoms with E-state index in [4.69, 9.17) is 0 Å². The fourth-order valence-corrected chi connectivity index (χ4v) is 3.21. The van der Waals surface area contributed by atoms with Crippen molar-refractivity contribution >= 4 is 28.7 Å². The van der Waals surface area contributed by atoms with Crippen LogP contribution < -0.4 is 10.2 Å². The maximum Gasteiger partial charge on any atom is 0.298 e. The van der Waals surface area contributed by atoms with Gasteiger partial charge in [-0.3, -0.25) is 9.59 Å². The van der Waals surface area contributed by atoms with Crippen LogP contribution in [0.25, 0.3) is 16.6 Å². The van der Waals surface area contributed by atoms with Crippen LogP contribution in [0.3, 0.4) is 0 Å². The maximum absolute atomic E-state index is 13.1. The third-order valence-corrected chi connectivity index (χ3v) is 4.65. The number of Topliss-reactive ketones (excluding diaryl/α,β-unsaturated/α-hetero) is 1. The van der Waals surface area contributed by atoms with Crippen molar-refractivity contribution in [3.8, 4) is 11.1 Å². The highest BCUT2D eigenvalue weighted by Crippen LogP contribution is 2.28. The van der Waals surface area contributed by atoms with Crippen molar-refractivity contribution in [3.05, 3.63) is 84.8 Å². The molecule has 6 nitrogen and oxygen atoms in total. The molecule has 0 aliphatic carbocycles. The Kier molecular flexibility index (Phi) is 4.83. The molecule has 0 aliphatic heterocycles. The van der Waals surface area contributed by atoms with Crippen molar-refractivity contribution in [2.24, 2.45) is 0 Å². The lowest BCUT2D eigenvalue weighted by Crippen LogP contribution is -2.24. The summed E-state index contributed by atoms with van der Waals surface area (Å²) in [7, 11) is 3.76. The Bertz CT molecular complexity index is 1180.